The Kier molecular flexibility index (Phi) is 8.51. The SMILES string of the molecule is COc1ccc(CC(NC(C)=O)C(=O)NC2CCN(C(=O)c3cccc(C)c3)CC2)cc1OC. The van der Waals surface area contributed by atoms with Gasteiger partial charge in [0.25, 0.3) is 5.91 Å². The minimum Gasteiger partial charge on any atom is -0.493 e. The highest BCUT2D eigenvalue weighted by Gasteiger charge is 2.28. The number of hydrogen-bond acceptors (Lipinski definition) is 5. The Morgan fingerprint density at radius 3 is 2.35 bits per heavy atom. The second kappa shape index (κ2) is 11.5. The minimum atomic E-state index is -0.720. The third-order valence-corrected chi connectivity index (χ3v) is 5.98. The number of methoxy groups -OCH3 is 2. The third-order valence-electron chi connectivity index (χ3n) is 5.98. The number of ether oxygens (including phenoxy) is 2. The molecule has 1 fully saturated rings. The van der Waals surface area contributed by atoms with Crippen LogP contribution in [0.2, 0.25) is 0 Å². The lowest BCUT2D eigenvalue weighted by atomic mass is 10.0. The van der Waals surface area contributed by atoms with Crippen LogP contribution < -0.4 is 20.1 Å². The first-order chi connectivity index (χ1) is 16.3. The van der Waals surface area contributed by atoms with Crippen LogP contribution >= 0.6 is 0 Å². The summed E-state index contributed by atoms with van der Waals surface area (Å²) in [6.07, 6.45) is 1.63. The predicted octanol–water partition coefficient (Wildman–Crippen LogP) is 2.48. The second-order valence-electron chi connectivity index (χ2n) is 8.59. The molecule has 2 aromatic carbocycles. The van der Waals surface area contributed by atoms with Crippen molar-refractivity contribution in [2.45, 2.75) is 45.2 Å². The Morgan fingerprint density at radius 2 is 1.74 bits per heavy atom. The van der Waals surface area contributed by atoms with Crippen LogP contribution in [-0.4, -0.2) is 62.0 Å². The van der Waals surface area contributed by atoms with Gasteiger partial charge >= 0.3 is 0 Å². The van der Waals surface area contributed by atoms with E-state index in [-0.39, 0.29) is 23.8 Å². The summed E-state index contributed by atoms with van der Waals surface area (Å²) in [5.74, 6) is 0.650. The average Bonchev–Trinajstić information content (AvgIpc) is 2.83. The maximum atomic E-state index is 13.0. The van der Waals surface area contributed by atoms with Crippen LogP contribution in [0.15, 0.2) is 42.5 Å². The summed E-state index contributed by atoms with van der Waals surface area (Å²) in [6, 6.07) is 12.2. The summed E-state index contributed by atoms with van der Waals surface area (Å²) in [4.78, 5) is 39.4. The number of carbonyl (C=O) groups is 3. The summed E-state index contributed by atoms with van der Waals surface area (Å²) in [7, 11) is 3.11. The second-order valence-corrected chi connectivity index (χ2v) is 8.59. The first kappa shape index (κ1) is 25.1. The molecule has 2 N–H and O–H groups in total. The average molecular weight is 468 g/mol. The van der Waals surface area contributed by atoms with Gasteiger partial charge in [0.05, 0.1) is 14.2 Å². The highest BCUT2D eigenvalue weighted by molar-refractivity contribution is 5.94. The highest BCUT2D eigenvalue weighted by Crippen LogP contribution is 2.28. The van der Waals surface area contributed by atoms with Crippen LogP contribution in [0.1, 0.15) is 41.3 Å². The molecule has 182 valence electrons. The van der Waals surface area contributed by atoms with Gasteiger partial charge in [0.1, 0.15) is 6.04 Å². The normalized spacial score (nSPS) is 14.8. The molecule has 1 saturated heterocycles. The molecule has 1 aliphatic rings. The van der Waals surface area contributed by atoms with Crippen molar-refractivity contribution in [1.29, 1.82) is 0 Å². The molecule has 0 spiro atoms. The fourth-order valence-corrected chi connectivity index (χ4v) is 4.19. The number of nitrogens with one attached hydrogen (secondary N) is 2. The molecule has 1 atom stereocenters. The summed E-state index contributed by atoms with van der Waals surface area (Å²) in [6.45, 7) is 4.49. The van der Waals surface area contributed by atoms with Crippen molar-refractivity contribution in [3.63, 3.8) is 0 Å². The van der Waals surface area contributed by atoms with Gasteiger partial charge in [-0.3, -0.25) is 14.4 Å². The number of hydrogen-bond donors (Lipinski definition) is 2. The van der Waals surface area contributed by atoms with Gasteiger partial charge in [0.15, 0.2) is 11.5 Å². The summed E-state index contributed by atoms with van der Waals surface area (Å²) < 4.78 is 10.6. The quantitative estimate of drug-likeness (QED) is 0.622. The molecular weight excluding hydrogens is 434 g/mol. The van der Waals surface area contributed by atoms with E-state index in [9.17, 15) is 14.4 Å². The zero-order chi connectivity index (χ0) is 24.7. The third kappa shape index (κ3) is 6.50. The van der Waals surface area contributed by atoms with Crippen LogP contribution in [0.25, 0.3) is 0 Å². The van der Waals surface area contributed by atoms with Gasteiger partial charge in [-0.25, -0.2) is 0 Å². The maximum Gasteiger partial charge on any atom is 0.253 e. The number of aryl methyl sites for hydroxylation is 1. The molecule has 0 bridgehead atoms. The minimum absolute atomic E-state index is 0.0121. The van der Waals surface area contributed by atoms with Gasteiger partial charge < -0.3 is 25.0 Å². The van der Waals surface area contributed by atoms with Crippen molar-refractivity contribution < 1.29 is 23.9 Å². The van der Waals surface area contributed by atoms with Gasteiger partial charge in [-0.15, -0.1) is 0 Å². The molecule has 1 heterocycles. The standard InChI is InChI=1S/C26H33N3O5/c1-17-6-5-7-20(14-17)26(32)29-12-10-21(11-13-29)28-25(31)22(27-18(2)30)15-19-8-9-23(33-3)24(16-19)34-4/h5-9,14,16,21-22H,10-13,15H2,1-4H3,(H,27,30)(H,28,31). The Hall–Kier alpha value is -3.55. The smallest absolute Gasteiger partial charge is 0.253 e. The first-order valence-corrected chi connectivity index (χ1v) is 11.4. The van der Waals surface area contributed by atoms with Crippen molar-refractivity contribution in [3.05, 3.63) is 59.2 Å². The van der Waals surface area contributed by atoms with E-state index >= 15 is 0 Å². The molecule has 34 heavy (non-hydrogen) atoms. The van der Waals surface area contributed by atoms with E-state index in [0.29, 0.717) is 49.4 Å². The van der Waals surface area contributed by atoms with E-state index in [2.05, 4.69) is 10.6 Å². The van der Waals surface area contributed by atoms with E-state index in [1.54, 1.807) is 26.4 Å². The van der Waals surface area contributed by atoms with Crippen LogP contribution in [0.4, 0.5) is 0 Å². The van der Waals surface area contributed by atoms with E-state index in [0.717, 1.165) is 11.1 Å². The number of piperidine rings is 1. The molecular formula is C26H33N3O5. The van der Waals surface area contributed by atoms with Crippen LogP contribution in [0, 0.1) is 6.92 Å². The lowest BCUT2D eigenvalue weighted by Crippen LogP contribution is -2.53. The number of benzene rings is 2. The molecule has 0 aromatic heterocycles. The van der Waals surface area contributed by atoms with Crippen LogP contribution in [0.3, 0.4) is 0 Å². The van der Waals surface area contributed by atoms with Gasteiger partial charge in [0, 0.05) is 38.0 Å². The lowest BCUT2D eigenvalue weighted by Gasteiger charge is -2.33. The molecule has 8 nitrogen and oxygen atoms in total. The first-order valence-electron chi connectivity index (χ1n) is 11.4. The van der Waals surface area contributed by atoms with Crippen molar-refractivity contribution in [2.75, 3.05) is 27.3 Å². The largest absolute Gasteiger partial charge is 0.493 e. The fourth-order valence-electron chi connectivity index (χ4n) is 4.19. The monoisotopic (exact) mass is 467 g/mol. The Bertz CT molecular complexity index is 1030. The van der Waals surface area contributed by atoms with E-state index in [4.69, 9.17) is 9.47 Å². The molecule has 8 heteroatoms. The molecule has 0 saturated carbocycles. The van der Waals surface area contributed by atoms with Gasteiger partial charge in [-0.1, -0.05) is 23.8 Å². The Morgan fingerprint density at radius 1 is 1.03 bits per heavy atom. The summed E-state index contributed by atoms with van der Waals surface area (Å²) in [5, 5.41) is 5.81. The highest BCUT2D eigenvalue weighted by atomic mass is 16.5. The van der Waals surface area contributed by atoms with Gasteiger partial charge in [-0.2, -0.15) is 0 Å². The molecule has 3 rings (SSSR count). The summed E-state index contributed by atoms with van der Waals surface area (Å²) in [5.41, 5.74) is 2.57. The van der Waals surface area contributed by atoms with Crippen molar-refractivity contribution in [1.82, 2.24) is 15.5 Å². The van der Waals surface area contributed by atoms with Crippen molar-refractivity contribution >= 4 is 17.7 Å². The number of likely N-dealkylation sites (tertiary alicyclic amines) is 1. The zero-order valence-electron chi connectivity index (χ0n) is 20.2. The molecule has 0 aliphatic carbocycles. The van der Waals surface area contributed by atoms with Crippen LogP contribution in [-0.2, 0) is 16.0 Å². The molecule has 1 aliphatic heterocycles. The number of carbonyl (C=O) groups excluding carboxylic acids is 3. The number of rotatable bonds is 8. The number of nitrogens with zero attached hydrogens (tertiary/aromatic N) is 1. The maximum absolute atomic E-state index is 13.0. The fraction of sp³-hybridized carbons (Fsp3) is 0.423. The van der Waals surface area contributed by atoms with Crippen molar-refractivity contribution in [2.24, 2.45) is 0 Å². The molecule has 2 aromatic rings. The molecule has 1 unspecified atom stereocenters. The van der Waals surface area contributed by atoms with E-state index in [1.807, 2.05) is 42.2 Å². The van der Waals surface area contributed by atoms with E-state index < -0.39 is 6.04 Å². The molecule has 0 radical (unpaired) electrons. The van der Waals surface area contributed by atoms with Crippen molar-refractivity contribution in [3.8, 4) is 11.5 Å². The predicted molar refractivity (Wildman–Crippen MR) is 129 cm³/mol. The van der Waals surface area contributed by atoms with Crippen LogP contribution in [0.5, 0.6) is 11.5 Å². The Labute approximate surface area is 200 Å². The Balaban J connectivity index is 1.60. The molecule has 3 amide bonds. The topological polar surface area (TPSA) is 97.0 Å². The zero-order valence-corrected chi connectivity index (χ0v) is 20.2. The summed E-state index contributed by atoms with van der Waals surface area (Å²) >= 11 is 0. The lowest BCUT2D eigenvalue weighted by molar-refractivity contribution is -0.128. The number of amides is 3. The van der Waals surface area contributed by atoms with Gasteiger partial charge in [0.2, 0.25) is 11.8 Å². The van der Waals surface area contributed by atoms with E-state index in [1.165, 1.54) is 6.92 Å². The van der Waals surface area contributed by atoms with Gasteiger partial charge in [-0.05, 0) is 49.6 Å².